The summed E-state index contributed by atoms with van der Waals surface area (Å²) < 4.78 is 6.34. The minimum Gasteiger partial charge on any atom is -0.376 e. The molecule has 0 saturated heterocycles. The van der Waals surface area contributed by atoms with Gasteiger partial charge in [0, 0.05) is 6.04 Å². The third-order valence-corrected chi connectivity index (χ3v) is 4.83. The molecule has 1 aliphatic rings. The van der Waals surface area contributed by atoms with E-state index in [9.17, 15) is 0 Å². The van der Waals surface area contributed by atoms with E-state index in [0.29, 0.717) is 12.1 Å². The SMILES string of the molecule is CNC(COC1CC(C)CCC1C(C)C)C(C)(C)C. The Morgan fingerprint density at radius 2 is 1.84 bits per heavy atom. The Morgan fingerprint density at radius 1 is 1.21 bits per heavy atom. The Morgan fingerprint density at radius 3 is 2.32 bits per heavy atom. The first-order valence-electron chi connectivity index (χ1n) is 8.04. The first-order chi connectivity index (χ1) is 8.75. The first kappa shape index (κ1) is 17.0. The van der Waals surface area contributed by atoms with Crippen LogP contribution in [-0.4, -0.2) is 25.8 Å². The minimum absolute atomic E-state index is 0.252. The highest BCUT2D eigenvalue weighted by Gasteiger charge is 2.33. The predicted molar refractivity (Wildman–Crippen MR) is 83.4 cm³/mol. The van der Waals surface area contributed by atoms with Gasteiger partial charge in [-0.15, -0.1) is 0 Å². The lowest BCUT2D eigenvalue weighted by Gasteiger charge is -2.39. The molecule has 0 aliphatic heterocycles. The van der Waals surface area contributed by atoms with Gasteiger partial charge in [-0.3, -0.25) is 0 Å². The molecule has 1 N–H and O–H groups in total. The van der Waals surface area contributed by atoms with E-state index in [1.165, 1.54) is 19.3 Å². The van der Waals surface area contributed by atoms with Gasteiger partial charge in [0.05, 0.1) is 12.7 Å². The first-order valence-corrected chi connectivity index (χ1v) is 8.04. The molecule has 4 atom stereocenters. The van der Waals surface area contributed by atoms with Crippen LogP contribution in [0.1, 0.15) is 60.8 Å². The van der Waals surface area contributed by atoms with Gasteiger partial charge in [0.15, 0.2) is 0 Å². The normalized spacial score (nSPS) is 30.6. The summed E-state index contributed by atoms with van der Waals surface area (Å²) in [6, 6.07) is 0.428. The van der Waals surface area contributed by atoms with Crippen molar-refractivity contribution >= 4 is 0 Å². The molecule has 0 aromatic heterocycles. The predicted octanol–water partition coefficient (Wildman–Crippen LogP) is 4.10. The summed E-state index contributed by atoms with van der Waals surface area (Å²) in [6.07, 6.45) is 4.41. The largest absolute Gasteiger partial charge is 0.376 e. The second-order valence-electron chi connectivity index (χ2n) is 7.91. The maximum atomic E-state index is 6.34. The third-order valence-electron chi connectivity index (χ3n) is 4.83. The Bertz CT molecular complexity index is 256. The van der Waals surface area contributed by atoms with Crippen molar-refractivity contribution in [1.29, 1.82) is 0 Å². The molecule has 2 nitrogen and oxygen atoms in total. The standard InChI is InChI=1S/C17H35NO/c1-12(2)14-9-8-13(3)10-15(14)19-11-16(18-7)17(4,5)6/h12-16,18H,8-11H2,1-7H3. The second-order valence-corrected chi connectivity index (χ2v) is 7.91. The van der Waals surface area contributed by atoms with Crippen LogP contribution in [0.15, 0.2) is 0 Å². The molecule has 2 heteroatoms. The fraction of sp³-hybridized carbons (Fsp3) is 1.00. The number of likely N-dealkylation sites (N-methyl/N-ethyl adjacent to an activating group) is 1. The molecule has 114 valence electrons. The monoisotopic (exact) mass is 269 g/mol. The quantitative estimate of drug-likeness (QED) is 0.811. The lowest BCUT2D eigenvalue weighted by molar-refractivity contribution is -0.0546. The lowest BCUT2D eigenvalue weighted by atomic mass is 9.75. The zero-order valence-corrected chi connectivity index (χ0v) is 14.1. The van der Waals surface area contributed by atoms with E-state index in [2.05, 4.69) is 46.9 Å². The van der Waals surface area contributed by atoms with E-state index in [1.807, 2.05) is 7.05 Å². The van der Waals surface area contributed by atoms with Crippen LogP contribution < -0.4 is 5.32 Å². The van der Waals surface area contributed by atoms with Crippen LogP contribution in [0.25, 0.3) is 0 Å². The number of ether oxygens (including phenoxy) is 1. The van der Waals surface area contributed by atoms with Crippen molar-refractivity contribution in [3.63, 3.8) is 0 Å². The van der Waals surface area contributed by atoms with Crippen molar-refractivity contribution in [2.75, 3.05) is 13.7 Å². The van der Waals surface area contributed by atoms with Crippen LogP contribution >= 0.6 is 0 Å². The van der Waals surface area contributed by atoms with Gasteiger partial charge in [-0.25, -0.2) is 0 Å². The summed E-state index contributed by atoms with van der Waals surface area (Å²) >= 11 is 0. The average Bonchev–Trinajstić information content (AvgIpc) is 2.27. The summed E-state index contributed by atoms with van der Waals surface area (Å²) in [5.74, 6) is 2.30. The molecule has 4 unspecified atom stereocenters. The van der Waals surface area contributed by atoms with Crippen molar-refractivity contribution in [2.24, 2.45) is 23.2 Å². The molecule has 0 amide bonds. The van der Waals surface area contributed by atoms with Crippen LogP contribution in [0.4, 0.5) is 0 Å². The van der Waals surface area contributed by atoms with Crippen molar-refractivity contribution < 1.29 is 4.74 Å². The maximum Gasteiger partial charge on any atom is 0.0628 e. The number of rotatable bonds is 5. The van der Waals surface area contributed by atoms with E-state index in [-0.39, 0.29) is 5.41 Å². The summed E-state index contributed by atoms with van der Waals surface area (Å²) in [7, 11) is 2.04. The molecule has 0 radical (unpaired) electrons. The Labute approximate surface area is 120 Å². The van der Waals surface area contributed by atoms with Crippen LogP contribution in [0.5, 0.6) is 0 Å². The van der Waals surface area contributed by atoms with Gasteiger partial charge in [-0.1, -0.05) is 48.0 Å². The van der Waals surface area contributed by atoms with Crippen LogP contribution in [-0.2, 0) is 4.74 Å². The summed E-state index contributed by atoms with van der Waals surface area (Å²) in [5.41, 5.74) is 0.252. The van der Waals surface area contributed by atoms with E-state index >= 15 is 0 Å². The Balaban J connectivity index is 2.56. The minimum atomic E-state index is 0.252. The van der Waals surface area contributed by atoms with E-state index in [0.717, 1.165) is 24.4 Å². The fourth-order valence-corrected chi connectivity index (χ4v) is 3.29. The highest BCUT2D eigenvalue weighted by molar-refractivity contribution is 4.84. The van der Waals surface area contributed by atoms with Gasteiger partial charge < -0.3 is 10.1 Å². The van der Waals surface area contributed by atoms with Crippen molar-refractivity contribution in [1.82, 2.24) is 5.32 Å². The van der Waals surface area contributed by atoms with Crippen molar-refractivity contribution in [3.05, 3.63) is 0 Å². The average molecular weight is 269 g/mol. The van der Waals surface area contributed by atoms with Gasteiger partial charge >= 0.3 is 0 Å². The molecular weight excluding hydrogens is 234 g/mol. The molecule has 1 saturated carbocycles. The number of nitrogens with one attached hydrogen (secondary N) is 1. The highest BCUT2D eigenvalue weighted by Crippen LogP contribution is 2.35. The van der Waals surface area contributed by atoms with E-state index in [4.69, 9.17) is 4.74 Å². The number of hydrogen-bond acceptors (Lipinski definition) is 2. The van der Waals surface area contributed by atoms with Crippen molar-refractivity contribution in [2.45, 2.75) is 73.0 Å². The molecule has 0 aromatic rings. The zero-order valence-electron chi connectivity index (χ0n) is 14.1. The lowest BCUT2D eigenvalue weighted by Crippen LogP contribution is -2.44. The van der Waals surface area contributed by atoms with E-state index in [1.54, 1.807) is 0 Å². The van der Waals surface area contributed by atoms with Crippen LogP contribution in [0, 0.1) is 23.2 Å². The van der Waals surface area contributed by atoms with Crippen molar-refractivity contribution in [3.8, 4) is 0 Å². The van der Waals surface area contributed by atoms with E-state index < -0.39 is 0 Å². The molecule has 0 aromatic carbocycles. The smallest absolute Gasteiger partial charge is 0.0628 e. The van der Waals surface area contributed by atoms with Gasteiger partial charge in [-0.05, 0) is 43.1 Å². The fourth-order valence-electron chi connectivity index (χ4n) is 3.29. The summed E-state index contributed by atoms with van der Waals surface area (Å²) in [5, 5.41) is 3.41. The van der Waals surface area contributed by atoms with Gasteiger partial charge in [0.2, 0.25) is 0 Å². The molecule has 1 fully saturated rings. The molecule has 0 bridgehead atoms. The third kappa shape index (κ3) is 5.07. The van der Waals surface area contributed by atoms with Gasteiger partial charge in [-0.2, -0.15) is 0 Å². The molecular formula is C17H35NO. The topological polar surface area (TPSA) is 21.3 Å². The molecule has 0 heterocycles. The molecule has 19 heavy (non-hydrogen) atoms. The second kappa shape index (κ2) is 7.08. The van der Waals surface area contributed by atoms with Gasteiger partial charge in [0.25, 0.3) is 0 Å². The maximum absolute atomic E-state index is 6.34. The van der Waals surface area contributed by atoms with Gasteiger partial charge in [0.1, 0.15) is 0 Å². The Kier molecular flexibility index (Phi) is 6.32. The Hall–Kier alpha value is -0.0800. The zero-order chi connectivity index (χ0) is 14.6. The van der Waals surface area contributed by atoms with Crippen LogP contribution in [0.2, 0.25) is 0 Å². The van der Waals surface area contributed by atoms with Crippen LogP contribution in [0.3, 0.4) is 0 Å². The highest BCUT2D eigenvalue weighted by atomic mass is 16.5. The molecule has 0 spiro atoms. The summed E-state index contributed by atoms with van der Waals surface area (Å²) in [4.78, 5) is 0. The molecule has 1 aliphatic carbocycles. The summed E-state index contributed by atoms with van der Waals surface area (Å²) in [6.45, 7) is 14.7. The number of hydrogen-bond donors (Lipinski definition) is 1. The molecule has 1 rings (SSSR count).